The van der Waals surface area contributed by atoms with E-state index >= 15 is 0 Å². The lowest BCUT2D eigenvalue weighted by Crippen LogP contribution is -2.09. The minimum atomic E-state index is -0.491. The van der Waals surface area contributed by atoms with Crippen LogP contribution in [0, 0.1) is 17.0 Å². The first kappa shape index (κ1) is 19.8. The molecule has 1 N–H and O–H groups in total. The van der Waals surface area contributed by atoms with Crippen molar-refractivity contribution in [3.63, 3.8) is 0 Å². The van der Waals surface area contributed by atoms with Crippen molar-refractivity contribution in [2.24, 2.45) is 0 Å². The van der Waals surface area contributed by atoms with Crippen LogP contribution in [0.2, 0.25) is 0 Å². The molecule has 0 heterocycles. The highest BCUT2D eigenvalue weighted by atomic mass is 16.6. The van der Waals surface area contributed by atoms with E-state index in [1.54, 1.807) is 31.2 Å². The molecule has 0 saturated carbocycles. The predicted octanol–water partition coefficient (Wildman–Crippen LogP) is 3.58. The van der Waals surface area contributed by atoms with Crippen molar-refractivity contribution in [2.75, 3.05) is 26.6 Å². The molecule has 1 amide bonds. The Kier molecular flexibility index (Phi) is 6.37. The van der Waals surface area contributed by atoms with Gasteiger partial charge < -0.3 is 19.5 Å². The molecule has 8 heteroatoms. The van der Waals surface area contributed by atoms with Gasteiger partial charge in [-0.2, -0.15) is 0 Å². The molecule has 142 valence electrons. The third kappa shape index (κ3) is 4.55. The van der Waals surface area contributed by atoms with Crippen LogP contribution in [0.3, 0.4) is 0 Å². The second-order valence-electron chi connectivity index (χ2n) is 5.48. The van der Waals surface area contributed by atoms with Crippen LogP contribution in [-0.2, 0) is 4.79 Å². The van der Waals surface area contributed by atoms with Crippen molar-refractivity contribution in [3.05, 3.63) is 57.6 Å². The van der Waals surface area contributed by atoms with E-state index in [9.17, 15) is 14.9 Å². The average Bonchev–Trinajstić information content (AvgIpc) is 2.66. The van der Waals surface area contributed by atoms with E-state index in [1.165, 1.54) is 39.5 Å². The van der Waals surface area contributed by atoms with Gasteiger partial charge in [-0.05, 0) is 25.1 Å². The normalized spacial score (nSPS) is 10.5. The van der Waals surface area contributed by atoms with E-state index in [0.29, 0.717) is 34.1 Å². The molecule has 2 rings (SSSR count). The van der Waals surface area contributed by atoms with Crippen LogP contribution in [0.5, 0.6) is 17.2 Å². The summed E-state index contributed by atoms with van der Waals surface area (Å²) in [6, 6.07) is 7.84. The van der Waals surface area contributed by atoms with Crippen molar-refractivity contribution in [1.29, 1.82) is 0 Å². The molecule has 0 atom stereocenters. The first-order chi connectivity index (χ1) is 12.9. The molecule has 0 aromatic heterocycles. The van der Waals surface area contributed by atoms with Crippen LogP contribution in [-0.4, -0.2) is 32.2 Å². The van der Waals surface area contributed by atoms with Crippen molar-refractivity contribution >= 4 is 23.4 Å². The number of rotatable bonds is 7. The lowest BCUT2D eigenvalue weighted by molar-refractivity contribution is -0.385. The fourth-order valence-electron chi connectivity index (χ4n) is 2.48. The number of benzene rings is 2. The summed E-state index contributed by atoms with van der Waals surface area (Å²) in [7, 11) is 4.53. The third-order valence-corrected chi connectivity index (χ3v) is 3.91. The predicted molar refractivity (Wildman–Crippen MR) is 102 cm³/mol. The van der Waals surface area contributed by atoms with Gasteiger partial charge in [-0.1, -0.05) is 6.07 Å². The summed E-state index contributed by atoms with van der Waals surface area (Å²) in [6.45, 7) is 1.58. The molecule has 0 aliphatic carbocycles. The van der Waals surface area contributed by atoms with Gasteiger partial charge in [0.2, 0.25) is 5.91 Å². The monoisotopic (exact) mass is 372 g/mol. The smallest absolute Gasteiger partial charge is 0.274 e. The summed E-state index contributed by atoms with van der Waals surface area (Å²) in [6.07, 6.45) is 2.87. The number of hydrogen-bond donors (Lipinski definition) is 1. The topological polar surface area (TPSA) is 99.9 Å². The van der Waals surface area contributed by atoms with Crippen LogP contribution < -0.4 is 19.5 Å². The lowest BCUT2D eigenvalue weighted by atomic mass is 10.1. The Morgan fingerprint density at radius 3 is 2.30 bits per heavy atom. The van der Waals surface area contributed by atoms with E-state index in [2.05, 4.69) is 5.32 Å². The highest BCUT2D eigenvalue weighted by molar-refractivity contribution is 6.02. The van der Waals surface area contributed by atoms with Crippen molar-refractivity contribution < 1.29 is 23.9 Å². The number of nitrogens with one attached hydrogen (secondary N) is 1. The highest BCUT2D eigenvalue weighted by Crippen LogP contribution is 2.35. The maximum atomic E-state index is 12.2. The number of nitrogens with zero attached hydrogens (tertiary/aromatic N) is 1. The number of nitro benzene ring substituents is 1. The zero-order chi connectivity index (χ0) is 20.0. The first-order valence-corrected chi connectivity index (χ1v) is 7.94. The fraction of sp³-hybridized carbons (Fsp3) is 0.211. The van der Waals surface area contributed by atoms with Gasteiger partial charge in [-0.3, -0.25) is 14.9 Å². The molecule has 0 saturated heterocycles. The molecular weight excluding hydrogens is 352 g/mol. The molecule has 0 fully saturated rings. The van der Waals surface area contributed by atoms with Gasteiger partial charge in [0.15, 0.2) is 11.5 Å². The molecule has 0 unspecified atom stereocenters. The molecule has 0 bridgehead atoms. The molecule has 8 nitrogen and oxygen atoms in total. The van der Waals surface area contributed by atoms with E-state index < -0.39 is 10.8 Å². The number of hydrogen-bond acceptors (Lipinski definition) is 6. The largest absolute Gasteiger partial charge is 0.496 e. The van der Waals surface area contributed by atoms with Gasteiger partial charge in [0.05, 0.1) is 37.5 Å². The summed E-state index contributed by atoms with van der Waals surface area (Å²) in [5, 5.41) is 13.6. The van der Waals surface area contributed by atoms with E-state index in [1.807, 2.05) is 0 Å². The molecule has 27 heavy (non-hydrogen) atoms. The second-order valence-corrected chi connectivity index (χ2v) is 5.48. The maximum absolute atomic E-state index is 12.2. The average molecular weight is 372 g/mol. The minimum absolute atomic E-state index is 0.0571. The van der Waals surface area contributed by atoms with Gasteiger partial charge in [0.25, 0.3) is 5.69 Å². The fourth-order valence-corrected chi connectivity index (χ4v) is 2.48. The number of nitro groups is 1. The number of carbonyl (C=O) groups excluding carboxylic acids is 1. The summed E-state index contributed by atoms with van der Waals surface area (Å²) < 4.78 is 15.8. The third-order valence-electron chi connectivity index (χ3n) is 3.91. The maximum Gasteiger partial charge on any atom is 0.274 e. The Morgan fingerprint density at radius 2 is 1.70 bits per heavy atom. The summed E-state index contributed by atoms with van der Waals surface area (Å²) in [5.41, 5.74) is 1.31. The number of carbonyl (C=O) groups is 1. The summed E-state index contributed by atoms with van der Waals surface area (Å²) >= 11 is 0. The first-order valence-electron chi connectivity index (χ1n) is 7.94. The quantitative estimate of drug-likeness (QED) is 0.453. The Bertz CT molecular complexity index is 892. The van der Waals surface area contributed by atoms with E-state index in [-0.39, 0.29) is 5.69 Å². The number of amides is 1. The van der Waals surface area contributed by atoms with Crippen LogP contribution in [0.4, 0.5) is 11.4 Å². The van der Waals surface area contributed by atoms with Crippen LogP contribution in [0.25, 0.3) is 6.08 Å². The van der Waals surface area contributed by atoms with Gasteiger partial charge in [-0.15, -0.1) is 0 Å². The Labute approximate surface area is 156 Å². The van der Waals surface area contributed by atoms with Crippen LogP contribution >= 0.6 is 0 Å². The second kappa shape index (κ2) is 8.70. The van der Waals surface area contributed by atoms with Gasteiger partial charge in [-0.25, -0.2) is 0 Å². The van der Waals surface area contributed by atoms with Crippen LogP contribution in [0.15, 0.2) is 36.4 Å². The Morgan fingerprint density at radius 1 is 1.07 bits per heavy atom. The van der Waals surface area contributed by atoms with E-state index in [4.69, 9.17) is 14.2 Å². The summed E-state index contributed by atoms with van der Waals surface area (Å²) in [4.78, 5) is 22.7. The molecule has 2 aromatic carbocycles. The number of methoxy groups -OCH3 is 3. The molecule has 2 aromatic rings. The zero-order valence-corrected chi connectivity index (χ0v) is 15.4. The van der Waals surface area contributed by atoms with Crippen molar-refractivity contribution in [3.8, 4) is 17.2 Å². The van der Waals surface area contributed by atoms with E-state index in [0.717, 1.165) is 0 Å². The Balaban J connectivity index is 2.25. The van der Waals surface area contributed by atoms with Gasteiger partial charge in [0, 0.05) is 23.8 Å². The number of anilines is 1. The Hall–Kier alpha value is -3.55. The van der Waals surface area contributed by atoms with Gasteiger partial charge in [0.1, 0.15) is 5.75 Å². The van der Waals surface area contributed by atoms with Gasteiger partial charge >= 0.3 is 0 Å². The molecule has 0 aliphatic heterocycles. The molecule has 0 spiro atoms. The number of ether oxygens (including phenoxy) is 3. The SMILES string of the molecule is COc1cc(OC)c(OC)cc1/C=C/C(=O)Nc1cccc([N+](=O)[O-])c1C. The van der Waals surface area contributed by atoms with Crippen molar-refractivity contribution in [1.82, 2.24) is 0 Å². The summed E-state index contributed by atoms with van der Waals surface area (Å²) in [5.74, 6) is 1.06. The molecule has 0 aliphatic rings. The minimum Gasteiger partial charge on any atom is -0.496 e. The van der Waals surface area contributed by atoms with Crippen LogP contribution in [0.1, 0.15) is 11.1 Å². The lowest BCUT2D eigenvalue weighted by Gasteiger charge is -2.12. The zero-order valence-electron chi connectivity index (χ0n) is 15.4. The molecular formula is C19H20N2O6. The standard InChI is InChI=1S/C19H20N2O6/c1-12-14(6-5-7-15(12)21(23)24)20-19(22)9-8-13-10-17(26-3)18(27-4)11-16(13)25-2/h5-11H,1-4H3,(H,20,22)/b9-8+. The molecule has 0 radical (unpaired) electrons. The highest BCUT2D eigenvalue weighted by Gasteiger charge is 2.14. The van der Waals surface area contributed by atoms with Crippen molar-refractivity contribution in [2.45, 2.75) is 6.92 Å².